The summed E-state index contributed by atoms with van der Waals surface area (Å²) < 4.78 is 4.80. The Kier molecular flexibility index (Phi) is 8.60. The Hall–Kier alpha value is -8.08. The standard InChI is InChI=1S/C58H40N4/c1-2-15-39(16-3-1)42-17-12-18-43(35-42)40-31-33-41(34-32-40)52-38-53(44-19-13-21-46(36-44)61-54-27-8-4-23-48(54)49-24-5-9-28-55(49)61)60-58(59-52)45-20-14-22-47(37-45)62-56-29-10-6-25-50(56)51-26-7-11-30-57(51)62/h1-10,12-29,31-38H,11,30H2. The van der Waals surface area contributed by atoms with Crippen LogP contribution in [-0.4, -0.2) is 19.1 Å². The van der Waals surface area contributed by atoms with Crippen LogP contribution in [0.4, 0.5) is 0 Å². The molecule has 0 N–H and O–H groups in total. The van der Waals surface area contributed by atoms with Gasteiger partial charge in [-0.15, -0.1) is 0 Å². The average Bonchev–Trinajstić information content (AvgIpc) is 3.87. The molecule has 1 aliphatic carbocycles. The molecule has 292 valence electrons. The van der Waals surface area contributed by atoms with E-state index in [-0.39, 0.29) is 0 Å². The molecule has 3 heterocycles. The zero-order valence-corrected chi connectivity index (χ0v) is 34.0. The minimum atomic E-state index is 0.687. The van der Waals surface area contributed by atoms with Crippen LogP contribution in [0.2, 0.25) is 0 Å². The summed E-state index contributed by atoms with van der Waals surface area (Å²) in [5, 5.41) is 3.76. The summed E-state index contributed by atoms with van der Waals surface area (Å²) in [6, 6.07) is 73.8. The van der Waals surface area contributed by atoms with Crippen LogP contribution in [-0.2, 0) is 6.42 Å². The van der Waals surface area contributed by atoms with Crippen molar-refractivity contribution in [2.45, 2.75) is 12.8 Å². The highest BCUT2D eigenvalue weighted by Crippen LogP contribution is 2.37. The Bertz CT molecular complexity index is 3460. The third kappa shape index (κ3) is 6.15. The number of aromatic nitrogens is 4. The van der Waals surface area contributed by atoms with Gasteiger partial charge in [-0.05, 0) is 89.7 Å². The lowest BCUT2D eigenvalue weighted by molar-refractivity contribution is 0.888. The molecule has 0 amide bonds. The highest BCUT2D eigenvalue weighted by atomic mass is 15.0. The summed E-state index contributed by atoms with van der Waals surface area (Å²) in [5.41, 5.74) is 17.9. The zero-order chi connectivity index (χ0) is 41.0. The van der Waals surface area contributed by atoms with Crippen molar-refractivity contribution in [1.29, 1.82) is 0 Å². The van der Waals surface area contributed by atoms with Gasteiger partial charge in [0.05, 0.1) is 27.9 Å². The molecule has 0 spiro atoms. The molecule has 12 rings (SSSR count). The summed E-state index contributed by atoms with van der Waals surface area (Å²) in [5.74, 6) is 0.687. The van der Waals surface area contributed by atoms with E-state index in [2.05, 4.69) is 228 Å². The molecular formula is C58H40N4. The van der Waals surface area contributed by atoms with Gasteiger partial charge in [0, 0.05) is 55.5 Å². The van der Waals surface area contributed by atoms with Gasteiger partial charge in [-0.3, -0.25) is 0 Å². The number of rotatable bonds is 7. The third-order valence-electron chi connectivity index (χ3n) is 12.4. The monoisotopic (exact) mass is 792 g/mol. The summed E-state index contributed by atoms with van der Waals surface area (Å²) in [4.78, 5) is 10.7. The van der Waals surface area contributed by atoms with Gasteiger partial charge in [0.15, 0.2) is 5.82 Å². The van der Waals surface area contributed by atoms with Crippen LogP contribution in [0.5, 0.6) is 0 Å². The number of nitrogens with zero attached hydrogens (tertiary/aromatic N) is 4. The molecule has 4 nitrogen and oxygen atoms in total. The Morgan fingerprint density at radius 2 is 0.855 bits per heavy atom. The van der Waals surface area contributed by atoms with E-state index in [0.29, 0.717) is 5.82 Å². The quantitative estimate of drug-likeness (QED) is 0.161. The van der Waals surface area contributed by atoms with Crippen molar-refractivity contribution in [1.82, 2.24) is 19.1 Å². The van der Waals surface area contributed by atoms with Crippen LogP contribution in [0.15, 0.2) is 212 Å². The van der Waals surface area contributed by atoms with Gasteiger partial charge in [-0.25, -0.2) is 9.97 Å². The number of allylic oxidation sites excluding steroid dienone is 1. The number of hydrogen-bond donors (Lipinski definition) is 0. The maximum atomic E-state index is 5.38. The first kappa shape index (κ1) is 35.8. The Labute approximate surface area is 360 Å². The molecule has 3 aromatic heterocycles. The van der Waals surface area contributed by atoms with Gasteiger partial charge in [0.1, 0.15) is 0 Å². The van der Waals surface area contributed by atoms with Gasteiger partial charge in [-0.2, -0.15) is 0 Å². The number of fused-ring (bicyclic) bond motifs is 6. The predicted octanol–water partition coefficient (Wildman–Crippen LogP) is 14.8. The molecule has 1 aliphatic rings. The van der Waals surface area contributed by atoms with E-state index in [1.165, 1.54) is 60.7 Å². The second-order valence-corrected chi connectivity index (χ2v) is 16.1. The van der Waals surface area contributed by atoms with Crippen LogP contribution in [0.3, 0.4) is 0 Å². The molecule has 0 unspecified atom stereocenters. The minimum absolute atomic E-state index is 0.687. The van der Waals surface area contributed by atoms with Crippen LogP contribution in [0.25, 0.3) is 106 Å². The van der Waals surface area contributed by atoms with E-state index in [1.807, 2.05) is 0 Å². The first-order chi connectivity index (χ1) is 30.7. The highest BCUT2D eigenvalue weighted by Gasteiger charge is 2.20. The van der Waals surface area contributed by atoms with Crippen molar-refractivity contribution in [2.75, 3.05) is 0 Å². The maximum Gasteiger partial charge on any atom is 0.160 e. The van der Waals surface area contributed by atoms with Gasteiger partial charge < -0.3 is 9.13 Å². The average molecular weight is 793 g/mol. The number of benzene rings is 8. The van der Waals surface area contributed by atoms with Crippen LogP contribution in [0.1, 0.15) is 17.7 Å². The highest BCUT2D eigenvalue weighted by molar-refractivity contribution is 6.09. The predicted molar refractivity (Wildman–Crippen MR) is 258 cm³/mol. The molecular weight excluding hydrogens is 753 g/mol. The van der Waals surface area contributed by atoms with Gasteiger partial charge in [0.2, 0.25) is 0 Å². The molecule has 4 heteroatoms. The van der Waals surface area contributed by atoms with E-state index in [9.17, 15) is 0 Å². The zero-order valence-electron chi connectivity index (χ0n) is 34.0. The van der Waals surface area contributed by atoms with E-state index in [4.69, 9.17) is 9.97 Å². The SMILES string of the molecule is C1=Cc2c(n(-c3cccc(-c4nc(-c5ccc(-c6cccc(-c7ccccc7)c6)cc5)cc(-c5cccc(-n6c7ccccc7c7ccccc76)c5)n4)c3)c3ccccc23)CC1. The molecule has 11 aromatic rings. The number of hydrogen-bond acceptors (Lipinski definition) is 2. The Balaban J connectivity index is 0.998. The van der Waals surface area contributed by atoms with E-state index >= 15 is 0 Å². The first-order valence-corrected chi connectivity index (χ1v) is 21.4. The summed E-state index contributed by atoms with van der Waals surface area (Å²) in [7, 11) is 0. The molecule has 0 saturated carbocycles. The molecule has 62 heavy (non-hydrogen) atoms. The largest absolute Gasteiger partial charge is 0.313 e. The lowest BCUT2D eigenvalue weighted by atomic mass is 9.98. The molecule has 0 fully saturated rings. The van der Waals surface area contributed by atoms with E-state index < -0.39 is 0 Å². The topological polar surface area (TPSA) is 35.6 Å². The van der Waals surface area contributed by atoms with Crippen LogP contribution >= 0.6 is 0 Å². The third-order valence-corrected chi connectivity index (χ3v) is 12.4. The van der Waals surface area contributed by atoms with Crippen molar-refractivity contribution >= 4 is 38.8 Å². The second-order valence-electron chi connectivity index (χ2n) is 16.1. The van der Waals surface area contributed by atoms with Crippen LogP contribution < -0.4 is 0 Å². The van der Waals surface area contributed by atoms with Gasteiger partial charge in [0.25, 0.3) is 0 Å². The smallest absolute Gasteiger partial charge is 0.160 e. The lowest BCUT2D eigenvalue weighted by Gasteiger charge is -2.15. The Morgan fingerprint density at radius 3 is 1.56 bits per heavy atom. The fourth-order valence-electron chi connectivity index (χ4n) is 9.47. The van der Waals surface area contributed by atoms with Crippen molar-refractivity contribution in [3.63, 3.8) is 0 Å². The second kappa shape index (κ2) is 14.9. The summed E-state index contributed by atoms with van der Waals surface area (Å²) in [6.07, 6.45) is 6.61. The van der Waals surface area contributed by atoms with Crippen LogP contribution in [0, 0.1) is 0 Å². The Morgan fingerprint density at radius 1 is 0.355 bits per heavy atom. The van der Waals surface area contributed by atoms with E-state index in [0.717, 1.165) is 57.9 Å². The molecule has 8 aromatic carbocycles. The first-order valence-electron chi connectivity index (χ1n) is 21.4. The molecule has 0 atom stereocenters. The molecule has 0 aliphatic heterocycles. The van der Waals surface area contributed by atoms with Crippen molar-refractivity contribution < 1.29 is 0 Å². The summed E-state index contributed by atoms with van der Waals surface area (Å²) >= 11 is 0. The van der Waals surface area contributed by atoms with Crippen molar-refractivity contribution in [3.8, 4) is 67.5 Å². The molecule has 0 bridgehead atoms. The normalized spacial score (nSPS) is 12.3. The van der Waals surface area contributed by atoms with Gasteiger partial charge >= 0.3 is 0 Å². The van der Waals surface area contributed by atoms with Crippen molar-refractivity contribution in [2.24, 2.45) is 0 Å². The number of para-hydroxylation sites is 3. The van der Waals surface area contributed by atoms with Gasteiger partial charge in [-0.1, -0.05) is 164 Å². The van der Waals surface area contributed by atoms with Crippen molar-refractivity contribution in [3.05, 3.63) is 224 Å². The fraction of sp³-hybridized carbons (Fsp3) is 0.0345. The molecule has 0 radical (unpaired) electrons. The minimum Gasteiger partial charge on any atom is -0.313 e. The van der Waals surface area contributed by atoms with E-state index in [1.54, 1.807) is 0 Å². The summed E-state index contributed by atoms with van der Waals surface area (Å²) in [6.45, 7) is 0. The maximum absolute atomic E-state index is 5.38. The fourth-order valence-corrected chi connectivity index (χ4v) is 9.47. The molecule has 0 saturated heterocycles. The lowest BCUT2D eigenvalue weighted by Crippen LogP contribution is -2.03.